The third kappa shape index (κ3) is 5.76. The van der Waals surface area contributed by atoms with E-state index in [0.29, 0.717) is 12.1 Å². The average Bonchev–Trinajstić information content (AvgIpc) is 2.34. The molecule has 0 radical (unpaired) electrons. The number of allylic oxidation sites excluding steroid dienone is 1. The smallest absolute Gasteiger partial charge is 0.288 e. The number of nitrogens with zero attached hydrogens (tertiary/aromatic N) is 1. The fourth-order valence-corrected chi connectivity index (χ4v) is 1.45. The molecule has 0 spiro atoms. The van der Waals surface area contributed by atoms with Gasteiger partial charge in [0.2, 0.25) is 0 Å². The molecule has 1 aromatic carbocycles. The molecule has 19 heavy (non-hydrogen) atoms. The van der Waals surface area contributed by atoms with Gasteiger partial charge in [-0.2, -0.15) is 13.2 Å². The Kier molecular flexibility index (Phi) is 5.85. The van der Waals surface area contributed by atoms with Crippen molar-refractivity contribution in [3.63, 3.8) is 0 Å². The molecule has 0 bridgehead atoms. The van der Waals surface area contributed by atoms with Crippen molar-refractivity contribution in [3.05, 3.63) is 47.7 Å². The summed E-state index contributed by atoms with van der Waals surface area (Å²) in [6.45, 7) is 2.39. The van der Waals surface area contributed by atoms with E-state index < -0.39 is 11.7 Å². The van der Waals surface area contributed by atoms with Crippen LogP contribution in [0.2, 0.25) is 0 Å². The number of benzene rings is 1. The number of hydroxylamine groups is 2. The number of hydrogen-bond donors (Lipinski definition) is 1. The maximum Gasteiger partial charge on any atom is 0.416 e. The van der Waals surface area contributed by atoms with Crippen LogP contribution in [0.15, 0.2) is 36.5 Å². The van der Waals surface area contributed by atoms with E-state index in [0.717, 1.165) is 12.1 Å². The minimum atomic E-state index is -4.31. The van der Waals surface area contributed by atoms with Crippen molar-refractivity contribution in [1.29, 1.82) is 0 Å². The van der Waals surface area contributed by atoms with Crippen LogP contribution in [0, 0.1) is 0 Å². The topological polar surface area (TPSA) is 24.5 Å². The zero-order valence-electron chi connectivity index (χ0n) is 10.9. The molecule has 0 heterocycles. The van der Waals surface area contributed by atoms with Crippen molar-refractivity contribution < 1.29 is 18.0 Å². The van der Waals surface area contributed by atoms with E-state index in [9.17, 15) is 13.2 Å². The number of halogens is 3. The second kappa shape index (κ2) is 7.16. The molecule has 0 aromatic heterocycles. The summed E-state index contributed by atoms with van der Waals surface area (Å²) in [4.78, 5) is 5.21. The van der Waals surface area contributed by atoms with Crippen LogP contribution >= 0.6 is 0 Å². The molecular weight excluding hydrogens is 257 g/mol. The molecule has 3 nitrogen and oxygen atoms in total. The van der Waals surface area contributed by atoms with E-state index in [1.165, 1.54) is 11.1 Å². The Balaban J connectivity index is 2.42. The first kappa shape index (κ1) is 15.5. The number of rotatable bonds is 6. The predicted octanol–water partition coefficient (Wildman–Crippen LogP) is 3.15. The normalized spacial score (nSPS) is 12.1. The molecule has 0 saturated heterocycles. The number of nitrogens with one attached hydrogen (secondary N) is 1. The molecule has 0 saturated carbocycles. The van der Waals surface area contributed by atoms with Gasteiger partial charge in [0.05, 0.1) is 5.56 Å². The SMILES string of the molecule is C/C=C\N(C)OCNCc1cccc(C(F)(F)F)c1. The van der Waals surface area contributed by atoms with E-state index in [1.807, 2.05) is 13.0 Å². The van der Waals surface area contributed by atoms with Gasteiger partial charge in [0.15, 0.2) is 0 Å². The predicted molar refractivity (Wildman–Crippen MR) is 66.8 cm³/mol. The van der Waals surface area contributed by atoms with Gasteiger partial charge in [-0.25, -0.2) is 0 Å². The monoisotopic (exact) mass is 274 g/mol. The van der Waals surface area contributed by atoms with Crippen LogP contribution in [-0.4, -0.2) is 18.8 Å². The quantitative estimate of drug-likeness (QED) is 0.490. The van der Waals surface area contributed by atoms with Gasteiger partial charge >= 0.3 is 6.18 Å². The van der Waals surface area contributed by atoms with Gasteiger partial charge in [0.25, 0.3) is 0 Å². The van der Waals surface area contributed by atoms with Crippen LogP contribution in [0.3, 0.4) is 0 Å². The van der Waals surface area contributed by atoms with Crippen molar-refractivity contribution >= 4 is 0 Å². The summed E-state index contributed by atoms with van der Waals surface area (Å²) in [5.41, 5.74) is -0.0779. The molecule has 1 rings (SSSR count). The highest BCUT2D eigenvalue weighted by Crippen LogP contribution is 2.29. The Labute approximate surface area is 110 Å². The van der Waals surface area contributed by atoms with E-state index in [-0.39, 0.29) is 6.73 Å². The summed E-state index contributed by atoms with van der Waals surface area (Å²) < 4.78 is 37.5. The highest BCUT2D eigenvalue weighted by Gasteiger charge is 2.30. The van der Waals surface area contributed by atoms with E-state index in [4.69, 9.17) is 4.84 Å². The Morgan fingerprint density at radius 2 is 2.11 bits per heavy atom. The zero-order chi connectivity index (χ0) is 14.3. The molecule has 0 aliphatic carbocycles. The second-order valence-electron chi connectivity index (χ2n) is 3.93. The molecule has 6 heteroatoms. The van der Waals surface area contributed by atoms with Crippen LogP contribution in [0.4, 0.5) is 13.2 Å². The molecule has 0 fully saturated rings. The van der Waals surface area contributed by atoms with Gasteiger partial charge in [-0.3, -0.25) is 15.2 Å². The van der Waals surface area contributed by atoms with Crippen molar-refractivity contribution in [2.45, 2.75) is 19.6 Å². The van der Waals surface area contributed by atoms with Crippen molar-refractivity contribution in [2.75, 3.05) is 13.8 Å². The van der Waals surface area contributed by atoms with Crippen LogP contribution in [0.1, 0.15) is 18.1 Å². The van der Waals surface area contributed by atoms with Crippen LogP contribution in [0.5, 0.6) is 0 Å². The molecule has 0 aliphatic heterocycles. The van der Waals surface area contributed by atoms with Crippen LogP contribution < -0.4 is 5.32 Å². The van der Waals surface area contributed by atoms with E-state index >= 15 is 0 Å². The van der Waals surface area contributed by atoms with Crippen LogP contribution in [0.25, 0.3) is 0 Å². The van der Waals surface area contributed by atoms with Crippen molar-refractivity contribution in [2.24, 2.45) is 0 Å². The maximum absolute atomic E-state index is 12.5. The van der Waals surface area contributed by atoms with Gasteiger partial charge in [-0.15, -0.1) is 0 Å². The minimum Gasteiger partial charge on any atom is -0.288 e. The lowest BCUT2D eigenvalue weighted by molar-refractivity contribution is -0.137. The molecular formula is C13H17F3N2O. The molecule has 106 valence electrons. The summed E-state index contributed by atoms with van der Waals surface area (Å²) in [6, 6.07) is 5.22. The number of hydrogen-bond acceptors (Lipinski definition) is 3. The number of alkyl halides is 3. The molecule has 1 aromatic rings. The first-order chi connectivity index (χ1) is 8.93. The van der Waals surface area contributed by atoms with Crippen molar-refractivity contribution in [1.82, 2.24) is 10.4 Å². The van der Waals surface area contributed by atoms with Gasteiger partial charge in [-0.05, 0) is 18.6 Å². The Morgan fingerprint density at radius 3 is 2.74 bits per heavy atom. The van der Waals surface area contributed by atoms with E-state index in [2.05, 4.69) is 5.32 Å². The first-order valence-electron chi connectivity index (χ1n) is 5.79. The third-order valence-electron chi connectivity index (χ3n) is 2.31. The van der Waals surface area contributed by atoms with Crippen molar-refractivity contribution in [3.8, 4) is 0 Å². The summed E-state index contributed by atoms with van der Waals surface area (Å²) in [6.07, 6.45) is -0.766. The van der Waals surface area contributed by atoms with Gasteiger partial charge in [0, 0.05) is 19.8 Å². The Bertz CT molecular complexity index is 419. The highest BCUT2D eigenvalue weighted by atomic mass is 19.4. The van der Waals surface area contributed by atoms with Gasteiger partial charge in [0.1, 0.15) is 6.73 Å². The second-order valence-corrected chi connectivity index (χ2v) is 3.93. The van der Waals surface area contributed by atoms with Gasteiger partial charge in [-0.1, -0.05) is 24.3 Å². The highest BCUT2D eigenvalue weighted by molar-refractivity contribution is 5.25. The fraction of sp³-hybridized carbons (Fsp3) is 0.385. The molecule has 0 aliphatic rings. The average molecular weight is 274 g/mol. The van der Waals surface area contributed by atoms with Gasteiger partial charge < -0.3 is 0 Å². The fourth-order valence-electron chi connectivity index (χ4n) is 1.45. The summed E-state index contributed by atoms with van der Waals surface area (Å²) in [5.74, 6) is 0. The standard InChI is InChI=1S/C13H17F3N2O/c1-3-7-18(2)19-10-17-9-11-5-4-6-12(8-11)13(14,15)16/h3-8,17H,9-10H2,1-2H3/b7-3-. The van der Waals surface area contributed by atoms with Crippen LogP contribution in [-0.2, 0) is 17.6 Å². The minimum absolute atomic E-state index is 0.219. The molecule has 1 N–H and O–H groups in total. The first-order valence-corrected chi connectivity index (χ1v) is 5.79. The largest absolute Gasteiger partial charge is 0.416 e. The maximum atomic E-state index is 12.5. The molecule has 0 amide bonds. The lowest BCUT2D eigenvalue weighted by atomic mass is 10.1. The summed E-state index contributed by atoms with van der Waals surface area (Å²) in [7, 11) is 1.73. The Morgan fingerprint density at radius 1 is 1.37 bits per heavy atom. The molecule has 0 atom stereocenters. The summed E-state index contributed by atoms with van der Waals surface area (Å²) in [5, 5.41) is 4.42. The zero-order valence-corrected chi connectivity index (χ0v) is 10.9. The Hall–Kier alpha value is -1.53. The molecule has 0 unspecified atom stereocenters. The lowest BCUT2D eigenvalue weighted by Crippen LogP contribution is -2.23. The lowest BCUT2D eigenvalue weighted by Gasteiger charge is -2.14. The third-order valence-corrected chi connectivity index (χ3v) is 2.31. The van der Waals surface area contributed by atoms with E-state index in [1.54, 1.807) is 19.3 Å². The summed E-state index contributed by atoms with van der Waals surface area (Å²) >= 11 is 0.